The summed E-state index contributed by atoms with van der Waals surface area (Å²) in [6, 6.07) is 16.4. The van der Waals surface area contributed by atoms with E-state index in [9.17, 15) is 8.42 Å². The van der Waals surface area contributed by atoms with Crippen molar-refractivity contribution in [1.82, 2.24) is 4.72 Å². The third-order valence-corrected chi connectivity index (χ3v) is 5.00. The summed E-state index contributed by atoms with van der Waals surface area (Å²) in [7, 11) is -3.44. The molecule has 0 unspecified atom stereocenters. The van der Waals surface area contributed by atoms with Crippen LogP contribution in [-0.4, -0.2) is 21.6 Å². The molecule has 0 saturated carbocycles. The Kier molecular flexibility index (Phi) is 6.57. The molecule has 0 spiro atoms. The molecule has 0 aliphatic rings. The average Bonchev–Trinajstić information content (AvgIpc) is 2.52. The molecule has 0 atom stereocenters. The topological polar surface area (TPSA) is 55.4 Å². The smallest absolute Gasteiger partial charge is 0.240 e. The fraction of sp³-hybridized carbons (Fsp3) is 0.250. The highest BCUT2D eigenvalue weighted by molar-refractivity contribution is 9.10. The highest BCUT2D eigenvalue weighted by Gasteiger charge is 2.12. The first-order valence-corrected chi connectivity index (χ1v) is 9.22. The molecular weight excluding hydrogens is 366 g/mol. The Balaban J connectivity index is 1.68. The minimum atomic E-state index is -3.44. The standard InChI is InChI=1S/C16H18BrNO3S/c17-15-7-9-16(10-8-15)22(19,20)18-11-4-12-21-13-14-5-2-1-3-6-14/h1-3,5-10,18H,4,11-13H2. The van der Waals surface area contributed by atoms with E-state index in [1.165, 1.54) is 0 Å². The third-order valence-electron chi connectivity index (χ3n) is 2.99. The SMILES string of the molecule is O=S(=O)(NCCCOCc1ccccc1)c1ccc(Br)cc1. The van der Waals surface area contributed by atoms with Crippen molar-refractivity contribution in [1.29, 1.82) is 0 Å². The summed E-state index contributed by atoms with van der Waals surface area (Å²) >= 11 is 3.28. The van der Waals surface area contributed by atoms with Gasteiger partial charge in [-0.25, -0.2) is 13.1 Å². The summed E-state index contributed by atoms with van der Waals surface area (Å²) in [6.45, 7) is 1.41. The molecule has 0 bridgehead atoms. The van der Waals surface area contributed by atoms with Crippen molar-refractivity contribution in [2.75, 3.05) is 13.2 Å². The van der Waals surface area contributed by atoms with Gasteiger partial charge in [-0.1, -0.05) is 46.3 Å². The number of hydrogen-bond donors (Lipinski definition) is 1. The van der Waals surface area contributed by atoms with Gasteiger partial charge in [-0.3, -0.25) is 0 Å². The van der Waals surface area contributed by atoms with Crippen LogP contribution in [0.2, 0.25) is 0 Å². The van der Waals surface area contributed by atoms with E-state index in [0.717, 1.165) is 10.0 Å². The van der Waals surface area contributed by atoms with E-state index in [-0.39, 0.29) is 4.90 Å². The van der Waals surface area contributed by atoms with Crippen LogP contribution >= 0.6 is 15.9 Å². The lowest BCUT2D eigenvalue weighted by molar-refractivity contribution is 0.119. The zero-order valence-corrected chi connectivity index (χ0v) is 14.4. The normalized spacial score (nSPS) is 11.5. The van der Waals surface area contributed by atoms with Gasteiger partial charge < -0.3 is 4.74 Å². The Morgan fingerprint density at radius 2 is 1.68 bits per heavy atom. The Hall–Kier alpha value is -1.21. The quantitative estimate of drug-likeness (QED) is 0.711. The number of hydrogen-bond acceptors (Lipinski definition) is 3. The largest absolute Gasteiger partial charge is 0.377 e. The molecule has 0 heterocycles. The Morgan fingerprint density at radius 1 is 1.00 bits per heavy atom. The summed E-state index contributed by atoms with van der Waals surface area (Å²) in [5.74, 6) is 0. The van der Waals surface area contributed by atoms with Gasteiger partial charge >= 0.3 is 0 Å². The van der Waals surface area contributed by atoms with Crippen LogP contribution in [-0.2, 0) is 21.4 Å². The maximum absolute atomic E-state index is 12.0. The van der Waals surface area contributed by atoms with E-state index in [2.05, 4.69) is 20.7 Å². The molecule has 6 heteroatoms. The van der Waals surface area contributed by atoms with E-state index in [4.69, 9.17) is 4.74 Å². The van der Waals surface area contributed by atoms with Crippen LogP contribution in [0.5, 0.6) is 0 Å². The molecule has 0 amide bonds. The van der Waals surface area contributed by atoms with Crippen LogP contribution in [0.15, 0.2) is 64.0 Å². The minimum absolute atomic E-state index is 0.265. The second kappa shape index (κ2) is 8.43. The highest BCUT2D eigenvalue weighted by Crippen LogP contribution is 2.14. The molecule has 1 N–H and O–H groups in total. The van der Waals surface area contributed by atoms with Crippen LogP contribution in [0.3, 0.4) is 0 Å². The van der Waals surface area contributed by atoms with Crippen LogP contribution < -0.4 is 4.72 Å². The van der Waals surface area contributed by atoms with Crippen molar-refractivity contribution >= 4 is 26.0 Å². The van der Waals surface area contributed by atoms with Gasteiger partial charge in [-0.15, -0.1) is 0 Å². The second-order valence-electron chi connectivity index (χ2n) is 4.74. The summed E-state index contributed by atoms with van der Waals surface area (Å²) in [5, 5.41) is 0. The first-order valence-electron chi connectivity index (χ1n) is 6.95. The molecule has 0 fully saturated rings. The van der Waals surface area contributed by atoms with Crippen LogP contribution in [0.4, 0.5) is 0 Å². The number of rotatable bonds is 8. The van der Waals surface area contributed by atoms with Crippen molar-refractivity contribution in [2.24, 2.45) is 0 Å². The maximum atomic E-state index is 12.0. The van der Waals surface area contributed by atoms with Crippen molar-refractivity contribution in [3.05, 3.63) is 64.6 Å². The van der Waals surface area contributed by atoms with Gasteiger partial charge in [0.15, 0.2) is 0 Å². The van der Waals surface area contributed by atoms with Gasteiger partial charge in [0.25, 0.3) is 0 Å². The second-order valence-corrected chi connectivity index (χ2v) is 7.43. The predicted octanol–water partition coefficient (Wildman–Crippen LogP) is 3.33. The Labute approximate surface area is 139 Å². The molecule has 0 radical (unpaired) electrons. The molecule has 118 valence electrons. The van der Waals surface area contributed by atoms with Crippen molar-refractivity contribution in [2.45, 2.75) is 17.9 Å². The van der Waals surface area contributed by atoms with E-state index >= 15 is 0 Å². The Morgan fingerprint density at radius 3 is 2.36 bits per heavy atom. The van der Waals surface area contributed by atoms with Crippen molar-refractivity contribution < 1.29 is 13.2 Å². The fourth-order valence-electron chi connectivity index (χ4n) is 1.84. The van der Waals surface area contributed by atoms with E-state index < -0.39 is 10.0 Å². The lowest BCUT2D eigenvalue weighted by Gasteiger charge is -2.07. The molecule has 2 aromatic carbocycles. The van der Waals surface area contributed by atoms with Crippen molar-refractivity contribution in [3.8, 4) is 0 Å². The molecule has 0 aliphatic carbocycles. The monoisotopic (exact) mass is 383 g/mol. The lowest BCUT2D eigenvalue weighted by Crippen LogP contribution is -2.25. The van der Waals surface area contributed by atoms with E-state index in [1.807, 2.05) is 30.3 Å². The van der Waals surface area contributed by atoms with Gasteiger partial charge in [0, 0.05) is 17.6 Å². The summed E-state index contributed by atoms with van der Waals surface area (Å²) in [6.07, 6.45) is 0.628. The molecule has 22 heavy (non-hydrogen) atoms. The molecule has 2 rings (SSSR count). The van der Waals surface area contributed by atoms with E-state index in [0.29, 0.717) is 26.2 Å². The van der Waals surface area contributed by atoms with E-state index in [1.54, 1.807) is 24.3 Å². The maximum Gasteiger partial charge on any atom is 0.240 e. The molecule has 0 aliphatic heterocycles. The number of ether oxygens (including phenoxy) is 1. The number of sulfonamides is 1. The van der Waals surface area contributed by atoms with Gasteiger partial charge in [0.05, 0.1) is 11.5 Å². The van der Waals surface area contributed by atoms with Crippen molar-refractivity contribution in [3.63, 3.8) is 0 Å². The van der Waals surface area contributed by atoms with Gasteiger partial charge in [0.1, 0.15) is 0 Å². The molecule has 0 aromatic heterocycles. The number of benzene rings is 2. The molecule has 2 aromatic rings. The molecular formula is C16H18BrNO3S. The van der Waals surface area contributed by atoms with Crippen LogP contribution in [0.25, 0.3) is 0 Å². The first-order chi connectivity index (χ1) is 10.6. The van der Waals surface area contributed by atoms with Gasteiger partial charge in [0.2, 0.25) is 10.0 Å². The number of halogens is 1. The summed E-state index contributed by atoms with van der Waals surface area (Å²) < 4.78 is 33.0. The van der Waals surface area contributed by atoms with Crippen LogP contribution in [0.1, 0.15) is 12.0 Å². The summed E-state index contributed by atoms with van der Waals surface area (Å²) in [4.78, 5) is 0.265. The Bertz CT molecular complexity index is 672. The van der Waals surface area contributed by atoms with Gasteiger partial charge in [-0.05, 0) is 36.2 Å². The zero-order valence-electron chi connectivity index (χ0n) is 12.0. The minimum Gasteiger partial charge on any atom is -0.377 e. The molecule has 4 nitrogen and oxygen atoms in total. The fourth-order valence-corrected chi connectivity index (χ4v) is 3.18. The average molecular weight is 384 g/mol. The lowest BCUT2D eigenvalue weighted by atomic mass is 10.2. The molecule has 0 saturated heterocycles. The van der Waals surface area contributed by atoms with Crippen LogP contribution in [0, 0.1) is 0 Å². The third kappa shape index (κ3) is 5.53. The number of nitrogens with one attached hydrogen (secondary N) is 1. The highest BCUT2D eigenvalue weighted by atomic mass is 79.9. The predicted molar refractivity (Wildman–Crippen MR) is 90.0 cm³/mol. The zero-order chi connectivity index (χ0) is 15.8. The first kappa shape index (κ1) is 17.1. The van der Waals surface area contributed by atoms with Gasteiger partial charge in [-0.2, -0.15) is 0 Å². The summed E-state index contributed by atoms with van der Waals surface area (Å²) in [5.41, 5.74) is 1.11.